The minimum absolute atomic E-state index is 0.110. The molecule has 2 aromatic rings. The van der Waals surface area contributed by atoms with Gasteiger partial charge in [0.25, 0.3) is 0 Å². The van der Waals surface area contributed by atoms with Crippen LogP contribution in [0.2, 0.25) is 0 Å². The van der Waals surface area contributed by atoms with Crippen LogP contribution in [0.5, 0.6) is 0 Å². The van der Waals surface area contributed by atoms with Crippen LogP contribution < -0.4 is 5.32 Å². The normalized spacial score (nSPS) is 11.4. The van der Waals surface area contributed by atoms with E-state index in [0.29, 0.717) is 5.56 Å². The fourth-order valence-electron chi connectivity index (χ4n) is 1.54. The lowest BCUT2D eigenvalue weighted by molar-refractivity contribution is -0.144. The molecule has 0 aromatic carbocycles. The van der Waals surface area contributed by atoms with Crippen molar-refractivity contribution in [2.45, 2.75) is 13.1 Å². The maximum absolute atomic E-state index is 12.7. The Bertz CT molecular complexity index is 596. The molecule has 2 heterocycles. The topological polar surface area (TPSA) is 50.7 Å². The van der Waals surface area contributed by atoms with Gasteiger partial charge in [-0.1, -0.05) is 0 Å². The molecule has 0 bridgehead atoms. The first-order chi connectivity index (χ1) is 8.90. The average molecular weight is 268 g/mol. The van der Waals surface area contributed by atoms with E-state index in [0.717, 1.165) is 5.56 Å². The van der Waals surface area contributed by atoms with E-state index < -0.39 is 12.0 Å². The van der Waals surface area contributed by atoms with Gasteiger partial charge in [0.05, 0.1) is 5.69 Å². The molecule has 1 N–H and O–H groups in total. The summed E-state index contributed by atoms with van der Waals surface area (Å²) in [7, 11) is 1.50. The van der Waals surface area contributed by atoms with Crippen LogP contribution in [0.1, 0.15) is 11.4 Å². The van der Waals surface area contributed by atoms with E-state index in [-0.39, 0.29) is 11.5 Å². The van der Waals surface area contributed by atoms with Gasteiger partial charge in [-0.15, -0.1) is 0 Å². The van der Waals surface area contributed by atoms with Crippen molar-refractivity contribution in [3.05, 3.63) is 35.9 Å². The van der Waals surface area contributed by atoms with Crippen molar-refractivity contribution in [2.75, 3.05) is 12.4 Å². The van der Waals surface area contributed by atoms with Gasteiger partial charge in [0.2, 0.25) is 5.82 Å². The molecule has 0 saturated heterocycles. The summed E-state index contributed by atoms with van der Waals surface area (Å²) in [5.74, 6) is -1.06. The zero-order valence-electron chi connectivity index (χ0n) is 10.3. The minimum atomic E-state index is -4.58. The molecule has 0 fully saturated rings. The van der Waals surface area contributed by atoms with Crippen molar-refractivity contribution in [3.8, 4) is 11.3 Å². The summed E-state index contributed by atoms with van der Waals surface area (Å²) >= 11 is 0. The van der Waals surface area contributed by atoms with Crippen LogP contribution >= 0.6 is 0 Å². The Labute approximate surface area is 107 Å². The van der Waals surface area contributed by atoms with Crippen LogP contribution in [-0.4, -0.2) is 22.0 Å². The molecule has 0 spiro atoms. The number of anilines is 1. The first-order valence-corrected chi connectivity index (χ1v) is 5.46. The maximum Gasteiger partial charge on any atom is 0.451 e. The number of alkyl halides is 3. The van der Waals surface area contributed by atoms with E-state index in [9.17, 15) is 13.2 Å². The summed E-state index contributed by atoms with van der Waals surface area (Å²) in [6.45, 7) is 1.81. The number of pyridine rings is 1. The Balaban J connectivity index is 2.57. The standard InChI is InChI=1S/C12H11F3N4/c1-7-3-8(6-17-5-7)9-4-10(16-2)19-11(18-9)12(13,14)15/h3-6H,1-2H3,(H,16,18,19). The Kier molecular flexibility index (Phi) is 3.37. The third-order valence-corrected chi connectivity index (χ3v) is 2.41. The van der Waals surface area contributed by atoms with Gasteiger partial charge >= 0.3 is 6.18 Å². The highest BCUT2D eigenvalue weighted by Gasteiger charge is 2.35. The number of halogens is 3. The Morgan fingerprint density at radius 2 is 1.84 bits per heavy atom. The molecular formula is C12H11F3N4. The lowest BCUT2D eigenvalue weighted by atomic mass is 10.1. The first kappa shape index (κ1) is 13.3. The quantitative estimate of drug-likeness (QED) is 0.909. The van der Waals surface area contributed by atoms with Crippen LogP contribution in [0.25, 0.3) is 11.3 Å². The third-order valence-electron chi connectivity index (χ3n) is 2.41. The molecule has 0 unspecified atom stereocenters. The summed E-state index contributed by atoms with van der Waals surface area (Å²) < 4.78 is 38.1. The Morgan fingerprint density at radius 1 is 1.11 bits per heavy atom. The predicted molar refractivity (Wildman–Crippen MR) is 64.5 cm³/mol. The number of rotatable bonds is 2. The number of hydrogen-bond donors (Lipinski definition) is 1. The first-order valence-electron chi connectivity index (χ1n) is 5.46. The zero-order valence-corrected chi connectivity index (χ0v) is 10.3. The van der Waals surface area contributed by atoms with Gasteiger partial charge in [0.1, 0.15) is 5.82 Å². The molecule has 4 nitrogen and oxygen atoms in total. The second kappa shape index (κ2) is 4.83. The van der Waals surface area contributed by atoms with E-state index in [1.165, 1.54) is 19.3 Å². The average Bonchev–Trinajstić information content (AvgIpc) is 2.37. The van der Waals surface area contributed by atoms with E-state index in [1.54, 1.807) is 19.2 Å². The van der Waals surface area contributed by atoms with E-state index in [1.807, 2.05) is 0 Å². The van der Waals surface area contributed by atoms with Gasteiger partial charge in [-0.05, 0) is 18.6 Å². The highest BCUT2D eigenvalue weighted by molar-refractivity contribution is 5.62. The Hall–Kier alpha value is -2.18. The largest absolute Gasteiger partial charge is 0.451 e. The highest BCUT2D eigenvalue weighted by atomic mass is 19.4. The van der Waals surface area contributed by atoms with Crippen LogP contribution in [0.15, 0.2) is 24.5 Å². The number of nitrogens with zero attached hydrogens (tertiary/aromatic N) is 3. The number of aryl methyl sites for hydroxylation is 1. The van der Waals surface area contributed by atoms with Gasteiger partial charge in [-0.25, -0.2) is 9.97 Å². The third kappa shape index (κ3) is 2.98. The second-order valence-electron chi connectivity index (χ2n) is 3.96. The van der Waals surface area contributed by atoms with Gasteiger partial charge in [-0.3, -0.25) is 4.98 Å². The van der Waals surface area contributed by atoms with Crippen molar-refractivity contribution >= 4 is 5.82 Å². The molecule has 7 heteroatoms. The van der Waals surface area contributed by atoms with Gasteiger partial charge in [0, 0.05) is 31.1 Å². The maximum atomic E-state index is 12.7. The molecule has 0 aliphatic heterocycles. The molecule has 0 atom stereocenters. The fourth-order valence-corrected chi connectivity index (χ4v) is 1.54. The van der Waals surface area contributed by atoms with Crippen molar-refractivity contribution < 1.29 is 13.2 Å². The van der Waals surface area contributed by atoms with Crippen LogP contribution in [0.3, 0.4) is 0 Å². The minimum Gasteiger partial charge on any atom is -0.373 e. The second-order valence-corrected chi connectivity index (χ2v) is 3.96. The van der Waals surface area contributed by atoms with E-state index in [4.69, 9.17) is 0 Å². The van der Waals surface area contributed by atoms with E-state index >= 15 is 0 Å². The highest BCUT2D eigenvalue weighted by Crippen LogP contribution is 2.29. The molecule has 2 aromatic heterocycles. The van der Waals surface area contributed by atoms with Gasteiger partial charge in [0.15, 0.2) is 0 Å². The molecule has 100 valence electrons. The van der Waals surface area contributed by atoms with Crippen molar-refractivity contribution in [1.82, 2.24) is 15.0 Å². The molecule has 2 rings (SSSR count). The molecule has 0 aliphatic rings. The predicted octanol–water partition coefficient (Wildman–Crippen LogP) is 2.91. The molecule has 0 amide bonds. The summed E-state index contributed by atoms with van der Waals surface area (Å²) in [4.78, 5) is 10.9. The van der Waals surface area contributed by atoms with Crippen molar-refractivity contribution in [1.29, 1.82) is 0 Å². The van der Waals surface area contributed by atoms with Crippen LogP contribution in [-0.2, 0) is 6.18 Å². The monoisotopic (exact) mass is 268 g/mol. The molecular weight excluding hydrogens is 257 g/mol. The lowest BCUT2D eigenvalue weighted by Crippen LogP contribution is -2.13. The zero-order chi connectivity index (χ0) is 14.0. The molecule has 19 heavy (non-hydrogen) atoms. The fraction of sp³-hybridized carbons (Fsp3) is 0.250. The molecule has 0 aliphatic carbocycles. The Morgan fingerprint density at radius 3 is 2.42 bits per heavy atom. The lowest BCUT2D eigenvalue weighted by Gasteiger charge is -2.10. The SMILES string of the molecule is CNc1cc(-c2cncc(C)c2)nc(C(F)(F)F)n1. The van der Waals surface area contributed by atoms with Crippen LogP contribution in [0.4, 0.5) is 19.0 Å². The summed E-state index contributed by atoms with van der Waals surface area (Å²) in [6, 6.07) is 3.17. The smallest absolute Gasteiger partial charge is 0.373 e. The summed E-state index contributed by atoms with van der Waals surface area (Å²) in [5, 5.41) is 2.59. The number of aromatic nitrogens is 3. The van der Waals surface area contributed by atoms with Gasteiger partial charge < -0.3 is 5.32 Å². The van der Waals surface area contributed by atoms with Gasteiger partial charge in [-0.2, -0.15) is 13.2 Å². The molecule has 0 saturated carbocycles. The van der Waals surface area contributed by atoms with E-state index in [2.05, 4.69) is 20.3 Å². The van der Waals surface area contributed by atoms with Crippen molar-refractivity contribution in [3.63, 3.8) is 0 Å². The summed E-state index contributed by atoms with van der Waals surface area (Å²) in [6.07, 6.45) is -1.50. The number of nitrogens with one attached hydrogen (secondary N) is 1. The molecule has 0 radical (unpaired) electrons. The number of hydrogen-bond acceptors (Lipinski definition) is 4. The van der Waals surface area contributed by atoms with Crippen LogP contribution in [0, 0.1) is 6.92 Å². The van der Waals surface area contributed by atoms with Crippen molar-refractivity contribution in [2.24, 2.45) is 0 Å². The summed E-state index contributed by atoms with van der Waals surface area (Å²) in [5.41, 5.74) is 1.54.